The first-order chi connectivity index (χ1) is 9.52. The molecule has 1 aromatic carbocycles. The average molecular weight is 369 g/mol. The van der Waals surface area contributed by atoms with Gasteiger partial charge in [-0.25, -0.2) is 14.9 Å². The van der Waals surface area contributed by atoms with Gasteiger partial charge in [0, 0.05) is 39.1 Å². The van der Waals surface area contributed by atoms with Gasteiger partial charge in [-0.3, -0.25) is 4.79 Å². The predicted molar refractivity (Wildman–Crippen MR) is 71.3 cm³/mol. The SMILES string of the molecule is COc1ccc(C2=[C-]CCC(=O)N2CC(F)F)c(C)c1.[Y]. The molecular formula is C15H16F2NO2Y-. The Labute approximate surface area is 148 Å². The van der Waals surface area contributed by atoms with Crippen LogP contribution in [-0.2, 0) is 37.5 Å². The third-order valence-corrected chi connectivity index (χ3v) is 3.21. The molecule has 0 fully saturated rings. The molecule has 0 atom stereocenters. The number of carbonyl (C=O) groups excluding carboxylic acids is 1. The minimum atomic E-state index is -2.56. The van der Waals surface area contributed by atoms with Crippen molar-refractivity contribution in [3.63, 3.8) is 0 Å². The van der Waals surface area contributed by atoms with Gasteiger partial charge in [0.2, 0.25) is 5.91 Å². The van der Waals surface area contributed by atoms with E-state index in [1.807, 2.05) is 13.0 Å². The largest absolute Gasteiger partial charge is 0.497 e. The molecule has 0 unspecified atom stereocenters. The molecule has 0 spiro atoms. The van der Waals surface area contributed by atoms with E-state index in [4.69, 9.17) is 4.74 Å². The van der Waals surface area contributed by atoms with E-state index in [1.165, 1.54) is 0 Å². The van der Waals surface area contributed by atoms with Crippen LogP contribution in [0.5, 0.6) is 5.75 Å². The van der Waals surface area contributed by atoms with E-state index in [0.717, 1.165) is 16.0 Å². The second-order valence-electron chi connectivity index (χ2n) is 4.60. The monoisotopic (exact) mass is 369 g/mol. The Morgan fingerprint density at radius 2 is 2.14 bits per heavy atom. The first-order valence-corrected chi connectivity index (χ1v) is 6.37. The minimum absolute atomic E-state index is 0. The first kappa shape index (κ1) is 18.2. The number of amides is 1. The number of methoxy groups -OCH3 is 1. The summed E-state index contributed by atoms with van der Waals surface area (Å²) in [6, 6.07) is 5.33. The second kappa shape index (κ2) is 7.99. The fraction of sp³-hybridized carbons (Fsp3) is 0.400. The normalized spacial score (nSPS) is 14.8. The summed E-state index contributed by atoms with van der Waals surface area (Å²) in [5.41, 5.74) is 2.04. The second-order valence-corrected chi connectivity index (χ2v) is 4.60. The number of carbonyl (C=O) groups is 1. The van der Waals surface area contributed by atoms with Crippen molar-refractivity contribution >= 4 is 11.6 Å². The maximum atomic E-state index is 12.6. The van der Waals surface area contributed by atoms with Gasteiger partial charge in [0.15, 0.2) is 0 Å². The molecule has 21 heavy (non-hydrogen) atoms. The number of ether oxygens (including phenoxy) is 1. The average Bonchev–Trinajstić information content (AvgIpc) is 2.41. The van der Waals surface area contributed by atoms with Crippen LogP contribution >= 0.6 is 0 Å². The number of hydrogen-bond acceptors (Lipinski definition) is 2. The predicted octanol–water partition coefficient (Wildman–Crippen LogP) is 3.03. The Kier molecular flexibility index (Phi) is 6.94. The summed E-state index contributed by atoms with van der Waals surface area (Å²) in [6.07, 6.45) is 1.17. The number of alkyl halides is 2. The summed E-state index contributed by atoms with van der Waals surface area (Å²) in [5, 5.41) is 0. The zero-order valence-corrected chi connectivity index (χ0v) is 14.9. The maximum absolute atomic E-state index is 12.6. The molecule has 3 nitrogen and oxygen atoms in total. The summed E-state index contributed by atoms with van der Waals surface area (Å²) in [4.78, 5) is 13.0. The van der Waals surface area contributed by atoms with Crippen molar-refractivity contribution in [3.05, 3.63) is 35.4 Å². The molecule has 1 heterocycles. The van der Waals surface area contributed by atoms with E-state index < -0.39 is 13.0 Å². The van der Waals surface area contributed by atoms with E-state index in [2.05, 4.69) is 6.08 Å². The third kappa shape index (κ3) is 4.33. The van der Waals surface area contributed by atoms with Crippen LogP contribution in [0.3, 0.4) is 0 Å². The molecule has 0 saturated heterocycles. The van der Waals surface area contributed by atoms with Crippen LogP contribution in [0.1, 0.15) is 24.0 Å². The fourth-order valence-corrected chi connectivity index (χ4v) is 2.24. The Balaban J connectivity index is 0.00000220. The smallest absolute Gasteiger partial charge is 0.256 e. The van der Waals surface area contributed by atoms with Crippen LogP contribution < -0.4 is 4.74 Å². The van der Waals surface area contributed by atoms with Crippen LogP contribution in [0.15, 0.2) is 18.2 Å². The van der Waals surface area contributed by atoms with Crippen LogP contribution in [0.25, 0.3) is 5.70 Å². The van der Waals surface area contributed by atoms with Crippen molar-refractivity contribution < 1.29 is 51.0 Å². The summed E-state index contributed by atoms with van der Waals surface area (Å²) in [7, 11) is 1.56. The van der Waals surface area contributed by atoms with Gasteiger partial charge in [-0.15, -0.1) is 29.3 Å². The van der Waals surface area contributed by atoms with Crippen molar-refractivity contribution in [1.29, 1.82) is 0 Å². The molecule has 0 aliphatic carbocycles. The number of hydrogen-bond donors (Lipinski definition) is 0. The van der Waals surface area contributed by atoms with Crippen molar-refractivity contribution in [3.8, 4) is 5.75 Å². The van der Waals surface area contributed by atoms with Gasteiger partial charge < -0.3 is 9.64 Å². The summed E-state index contributed by atoms with van der Waals surface area (Å²) < 4.78 is 30.4. The number of aryl methyl sites for hydroxylation is 1. The number of halogens is 2. The van der Waals surface area contributed by atoms with Crippen molar-refractivity contribution in [2.75, 3.05) is 13.7 Å². The molecule has 0 bridgehead atoms. The molecule has 111 valence electrons. The Bertz CT molecular complexity index is 546. The standard InChI is InChI=1S/C15H16F2NO2.Y/c1-10-8-11(20-2)6-7-12(10)13-4-3-5-15(19)18(13)9-14(16)17;/h6-8,14H,3,5,9H2,1-2H3;/q-1;. The molecule has 1 aliphatic heterocycles. The maximum Gasteiger partial charge on any atom is 0.256 e. The Morgan fingerprint density at radius 1 is 1.43 bits per heavy atom. The van der Waals surface area contributed by atoms with Crippen molar-refractivity contribution in [2.45, 2.75) is 26.2 Å². The molecule has 1 aliphatic rings. The van der Waals surface area contributed by atoms with Gasteiger partial charge in [0.25, 0.3) is 6.43 Å². The molecule has 0 saturated carbocycles. The molecule has 6 heteroatoms. The van der Waals surface area contributed by atoms with E-state index in [0.29, 0.717) is 17.9 Å². The van der Waals surface area contributed by atoms with Gasteiger partial charge in [0.05, 0.1) is 13.7 Å². The third-order valence-electron chi connectivity index (χ3n) is 3.21. The van der Waals surface area contributed by atoms with E-state index in [-0.39, 0.29) is 45.0 Å². The van der Waals surface area contributed by atoms with E-state index >= 15 is 0 Å². The van der Waals surface area contributed by atoms with Gasteiger partial charge >= 0.3 is 0 Å². The molecular weight excluding hydrogens is 353 g/mol. The molecule has 1 aromatic rings. The van der Waals surface area contributed by atoms with Crippen LogP contribution in [0, 0.1) is 13.0 Å². The molecule has 2 rings (SSSR count). The molecule has 1 radical (unpaired) electrons. The molecule has 0 aromatic heterocycles. The molecule has 0 N–H and O–H groups in total. The van der Waals surface area contributed by atoms with E-state index in [9.17, 15) is 13.6 Å². The fourth-order valence-electron chi connectivity index (χ4n) is 2.24. The van der Waals surface area contributed by atoms with Gasteiger partial charge in [-0.2, -0.15) is 0 Å². The first-order valence-electron chi connectivity index (χ1n) is 6.37. The van der Waals surface area contributed by atoms with Crippen LogP contribution in [-0.4, -0.2) is 30.9 Å². The number of benzene rings is 1. The zero-order valence-electron chi connectivity index (χ0n) is 12.0. The Morgan fingerprint density at radius 3 is 2.71 bits per heavy atom. The van der Waals surface area contributed by atoms with Gasteiger partial charge in [0.1, 0.15) is 5.75 Å². The number of nitrogens with zero attached hydrogens (tertiary/aromatic N) is 1. The van der Waals surface area contributed by atoms with Crippen LogP contribution in [0.4, 0.5) is 8.78 Å². The molecule has 1 amide bonds. The van der Waals surface area contributed by atoms with Gasteiger partial charge in [-0.1, -0.05) is 6.92 Å². The van der Waals surface area contributed by atoms with Crippen LogP contribution in [0.2, 0.25) is 0 Å². The summed E-state index contributed by atoms with van der Waals surface area (Å²) in [6.45, 7) is 1.26. The van der Waals surface area contributed by atoms with Crippen molar-refractivity contribution in [1.82, 2.24) is 4.90 Å². The number of rotatable bonds is 4. The quantitative estimate of drug-likeness (QED) is 0.764. The van der Waals surface area contributed by atoms with Gasteiger partial charge in [-0.05, 0) is 12.1 Å². The topological polar surface area (TPSA) is 29.5 Å². The summed E-state index contributed by atoms with van der Waals surface area (Å²) >= 11 is 0. The van der Waals surface area contributed by atoms with E-state index in [1.54, 1.807) is 19.2 Å². The number of allylic oxidation sites excluding steroid dienone is 1. The zero-order chi connectivity index (χ0) is 14.7. The minimum Gasteiger partial charge on any atom is -0.497 e. The summed E-state index contributed by atoms with van der Waals surface area (Å²) in [5.74, 6) is 0.406. The Hall–Kier alpha value is -0.806. The van der Waals surface area contributed by atoms with Crippen molar-refractivity contribution in [2.24, 2.45) is 0 Å².